The van der Waals surface area contributed by atoms with Gasteiger partial charge in [-0.2, -0.15) is 0 Å². The van der Waals surface area contributed by atoms with E-state index < -0.39 is 0 Å². The minimum absolute atomic E-state index is 0.194. The molecule has 0 aliphatic heterocycles. The summed E-state index contributed by atoms with van der Waals surface area (Å²) in [6.45, 7) is 0.690. The summed E-state index contributed by atoms with van der Waals surface area (Å²) in [7, 11) is 0. The van der Waals surface area contributed by atoms with Crippen LogP contribution in [0.1, 0.15) is 18.4 Å². The van der Waals surface area contributed by atoms with Gasteiger partial charge in [0.15, 0.2) is 0 Å². The van der Waals surface area contributed by atoms with E-state index in [1.54, 1.807) is 12.1 Å². The van der Waals surface area contributed by atoms with Crippen LogP contribution in [0.25, 0.3) is 0 Å². The summed E-state index contributed by atoms with van der Waals surface area (Å²) in [5, 5.41) is 3.36. The Morgan fingerprint density at radius 1 is 1.47 bits per heavy atom. The summed E-state index contributed by atoms with van der Waals surface area (Å²) >= 11 is 3.40. The van der Waals surface area contributed by atoms with Gasteiger partial charge in [-0.05, 0) is 36.6 Å². The van der Waals surface area contributed by atoms with Crippen LogP contribution in [0.15, 0.2) is 22.7 Å². The molecule has 0 saturated heterocycles. The van der Waals surface area contributed by atoms with E-state index in [-0.39, 0.29) is 5.82 Å². The van der Waals surface area contributed by atoms with Crippen LogP contribution in [0, 0.1) is 5.82 Å². The fourth-order valence-electron chi connectivity index (χ4n) is 1.76. The third-order valence-corrected chi connectivity index (χ3v) is 3.54. The molecule has 0 spiro atoms. The Morgan fingerprint density at radius 3 is 2.87 bits per heavy atom. The number of hydrogen-bond donors (Lipinski definition) is 2. The van der Waals surface area contributed by atoms with E-state index in [1.807, 2.05) is 0 Å². The first-order valence-electron chi connectivity index (χ1n) is 5.08. The number of nitrogens with two attached hydrogens (primary N) is 1. The summed E-state index contributed by atoms with van der Waals surface area (Å²) in [5.74, 6) is -0.194. The van der Waals surface area contributed by atoms with E-state index in [9.17, 15) is 4.39 Å². The molecule has 0 amide bonds. The fraction of sp³-hybridized carbons (Fsp3) is 0.455. The molecule has 1 aliphatic rings. The lowest BCUT2D eigenvalue weighted by Crippen LogP contribution is -2.48. The van der Waals surface area contributed by atoms with Crippen LogP contribution >= 0.6 is 15.9 Å². The predicted octanol–water partition coefficient (Wildman–Crippen LogP) is 2.17. The lowest BCUT2D eigenvalue weighted by Gasteiger charge is -2.33. The smallest absolute Gasteiger partial charge is 0.123 e. The highest BCUT2D eigenvalue weighted by Crippen LogP contribution is 2.21. The Bertz CT molecular complexity index is 350. The molecular formula is C11H14BrFN2. The standard InChI is InChI=1S/C11H14BrFN2/c12-11-2-1-8(13)3-7(11)6-15-10-4-9(14)5-10/h1-3,9-10,15H,4-6,14H2. The second kappa shape index (κ2) is 4.60. The van der Waals surface area contributed by atoms with Crippen molar-refractivity contribution in [2.24, 2.45) is 5.73 Å². The van der Waals surface area contributed by atoms with E-state index in [1.165, 1.54) is 6.07 Å². The largest absolute Gasteiger partial charge is 0.328 e. The maximum absolute atomic E-state index is 13.0. The molecule has 1 fully saturated rings. The van der Waals surface area contributed by atoms with Gasteiger partial charge in [-0.25, -0.2) is 4.39 Å². The van der Waals surface area contributed by atoms with Crippen LogP contribution in [0.3, 0.4) is 0 Å². The molecule has 1 saturated carbocycles. The molecule has 0 heterocycles. The van der Waals surface area contributed by atoms with E-state index in [4.69, 9.17) is 5.73 Å². The fourth-order valence-corrected chi connectivity index (χ4v) is 2.15. The van der Waals surface area contributed by atoms with Crippen LogP contribution < -0.4 is 11.1 Å². The Kier molecular flexibility index (Phi) is 3.38. The van der Waals surface area contributed by atoms with Crippen LogP contribution in [0.5, 0.6) is 0 Å². The Balaban J connectivity index is 1.90. The van der Waals surface area contributed by atoms with Gasteiger partial charge < -0.3 is 11.1 Å². The molecule has 2 rings (SSSR count). The van der Waals surface area contributed by atoms with Gasteiger partial charge in [-0.1, -0.05) is 15.9 Å². The van der Waals surface area contributed by atoms with Crippen LogP contribution in [0.4, 0.5) is 4.39 Å². The summed E-state index contributed by atoms with van der Waals surface area (Å²) in [4.78, 5) is 0. The maximum atomic E-state index is 13.0. The van der Waals surface area contributed by atoms with Gasteiger partial charge in [0.1, 0.15) is 5.82 Å². The average Bonchev–Trinajstić information content (AvgIpc) is 2.16. The normalized spacial score (nSPS) is 25.0. The van der Waals surface area contributed by atoms with Gasteiger partial charge in [0, 0.05) is 23.1 Å². The molecule has 1 aromatic rings. The molecule has 1 aromatic carbocycles. The third kappa shape index (κ3) is 2.77. The maximum Gasteiger partial charge on any atom is 0.123 e. The minimum atomic E-state index is -0.194. The second-order valence-corrected chi connectivity index (χ2v) is 4.90. The Morgan fingerprint density at radius 2 is 2.20 bits per heavy atom. The van der Waals surface area contributed by atoms with Crippen molar-refractivity contribution in [3.8, 4) is 0 Å². The van der Waals surface area contributed by atoms with Gasteiger partial charge in [-0.15, -0.1) is 0 Å². The van der Waals surface area contributed by atoms with Crippen molar-refractivity contribution in [3.63, 3.8) is 0 Å². The topological polar surface area (TPSA) is 38.0 Å². The predicted molar refractivity (Wildman–Crippen MR) is 61.9 cm³/mol. The summed E-state index contributed by atoms with van der Waals surface area (Å²) < 4.78 is 13.9. The van der Waals surface area contributed by atoms with Crippen molar-refractivity contribution in [3.05, 3.63) is 34.1 Å². The van der Waals surface area contributed by atoms with E-state index in [2.05, 4.69) is 21.2 Å². The molecule has 0 radical (unpaired) electrons. The third-order valence-electron chi connectivity index (χ3n) is 2.76. The van der Waals surface area contributed by atoms with Crippen molar-refractivity contribution >= 4 is 15.9 Å². The van der Waals surface area contributed by atoms with Gasteiger partial charge in [0.25, 0.3) is 0 Å². The quantitative estimate of drug-likeness (QED) is 0.885. The number of nitrogens with one attached hydrogen (secondary N) is 1. The zero-order valence-corrected chi connectivity index (χ0v) is 9.93. The number of rotatable bonds is 3. The Labute approximate surface area is 97.2 Å². The molecule has 2 nitrogen and oxygen atoms in total. The monoisotopic (exact) mass is 272 g/mol. The average molecular weight is 273 g/mol. The Hall–Kier alpha value is -0.450. The molecule has 0 bridgehead atoms. The van der Waals surface area contributed by atoms with Crippen LogP contribution in [-0.2, 0) is 6.54 Å². The first kappa shape index (κ1) is 11.0. The summed E-state index contributed by atoms with van der Waals surface area (Å²) in [6.07, 6.45) is 2.04. The number of hydrogen-bond acceptors (Lipinski definition) is 2. The summed E-state index contributed by atoms with van der Waals surface area (Å²) in [5.41, 5.74) is 6.64. The van der Waals surface area contributed by atoms with Gasteiger partial charge in [-0.3, -0.25) is 0 Å². The zero-order chi connectivity index (χ0) is 10.8. The number of halogens is 2. The van der Waals surface area contributed by atoms with E-state index in [0.717, 1.165) is 22.9 Å². The van der Waals surface area contributed by atoms with E-state index >= 15 is 0 Å². The summed E-state index contributed by atoms with van der Waals surface area (Å²) in [6, 6.07) is 5.58. The van der Waals surface area contributed by atoms with Gasteiger partial charge in [0.2, 0.25) is 0 Å². The van der Waals surface area contributed by atoms with Crippen molar-refractivity contribution < 1.29 is 4.39 Å². The van der Waals surface area contributed by atoms with Gasteiger partial charge in [0.05, 0.1) is 0 Å². The van der Waals surface area contributed by atoms with Crippen molar-refractivity contribution in [1.29, 1.82) is 0 Å². The highest BCUT2D eigenvalue weighted by molar-refractivity contribution is 9.10. The highest BCUT2D eigenvalue weighted by Gasteiger charge is 2.25. The van der Waals surface area contributed by atoms with Crippen LogP contribution in [-0.4, -0.2) is 12.1 Å². The molecule has 0 aromatic heterocycles. The molecule has 0 atom stereocenters. The molecule has 4 heteroatoms. The lowest BCUT2D eigenvalue weighted by atomic mass is 9.87. The minimum Gasteiger partial charge on any atom is -0.328 e. The van der Waals surface area contributed by atoms with Crippen molar-refractivity contribution in [1.82, 2.24) is 5.32 Å². The second-order valence-electron chi connectivity index (χ2n) is 4.05. The molecular weight excluding hydrogens is 259 g/mol. The lowest BCUT2D eigenvalue weighted by molar-refractivity contribution is 0.290. The molecule has 1 aliphatic carbocycles. The highest BCUT2D eigenvalue weighted by atomic mass is 79.9. The zero-order valence-electron chi connectivity index (χ0n) is 8.34. The van der Waals surface area contributed by atoms with Crippen molar-refractivity contribution in [2.45, 2.75) is 31.5 Å². The van der Waals surface area contributed by atoms with Crippen LogP contribution in [0.2, 0.25) is 0 Å². The molecule has 3 N–H and O–H groups in total. The number of benzene rings is 1. The molecule has 0 unspecified atom stereocenters. The van der Waals surface area contributed by atoms with E-state index in [0.29, 0.717) is 18.6 Å². The first-order valence-corrected chi connectivity index (χ1v) is 5.87. The first-order chi connectivity index (χ1) is 7.15. The van der Waals surface area contributed by atoms with Gasteiger partial charge >= 0.3 is 0 Å². The van der Waals surface area contributed by atoms with Crippen molar-refractivity contribution in [2.75, 3.05) is 0 Å². The molecule has 82 valence electrons. The SMILES string of the molecule is NC1CC(NCc2cc(F)ccc2Br)C1. The molecule has 15 heavy (non-hydrogen) atoms.